The minimum atomic E-state index is -0.629. The fourth-order valence-corrected chi connectivity index (χ4v) is 2.69. The van der Waals surface area contributed by atoms with Crippen LogP contribution in [-0.4, -0.2) is 34.4 Å². The molecule has 6 nitrogen and oxygen atoms in total. The van der Waals surface area contributed by atoms with Gasteiger partial charge < -0.3 is 10.6 Å². The van der Waals surface area contributed by atoms with Crippen LogP contribution >= 0.6 is 0 Å². The highest BCUT2D eigenvalue weighted by atomic mass is 16.2. The minimum absolute atomic E-state index is 0.216. The highest BCUT2D eigenvalue weighted by Gasteiger charge is 2.19. The summed E-state index contributed by atoms with van der Waals surface area (Å²) in [5.41, 5.74) is 2.67. The number of nitrogens with one attached hydrogen (secondary N) is 2. The molecule has 0 fully saturated rings. The number of rotatable bonds is 5. The molecule has 2 amide bonds. The molecule has 6 heteroatoms. The summed E-state index contributed by atoms with van der Waals surface area (Å²) in [6.45, 7) is 4.01. The lowest BCUT2D eigenvalue weighted by Gasteiger charge is -2.15. The predicted molar refractivity (Wildman–Crippen MR) is 101 cm³/mol. The third-order valence-corrected chi connectivity index (χ3v) is 4.01. The van der Waals surface area contributed by atoms with Crippen molar-refractivity contribution in [3.8, 4) is 11.3 Å². The molecule has 132 valence electrons. The Bertz CT molecular complexity index is 941. The van der Waals surface area contributed by atoms with Crippen LogP contribution in [0.25, 0.3) is 22.2 Å². The summed E-state index contributed by atoms with van der Waals surface area (Å²) >= 11 is 0. The Hall–Kier alpha value is -3.28. The van der Waals surface area contributed by atoms with Crippen molar-refractivity contribution >= 4 is 22.7 Å². The van der Waals surface area contributed by atoms with Gasteiger partial charge in [0.05, 0.1) is 16.8 Å². The van der Waals surface area contributed by atoms with Crippen LogP contribution in [0.4, 0.5) is 0 Å². The number of nitrogens with zero attached hydrogens (tertiary/aromatic N) is 2. The van der Waals surface area contributed by atoms with Crippen LogP contribution in [0.1, 0.15) is 24.2 Å². The average molecular weight is 348 g/mol. The number of amides is 2. The first-order valence-corrected chi connectivity index (χ1v) is 8.49. The van der Waals surface area contributed by atoms with Gasteiger partial charge in [-0.3, -0.25) is 14.6 Å². The number of fused-ring (bicyclic) bond motifs is 1. The first-order valence-electron chi connectivity index (χ1n) is 8.49. The molecule has 1 aromatic carbocycles. The summed E-state index contributed by atoms with van der Waals surface area (Å²) in [5.74, 6) is -0.529. The zero-order chi connectivity index (χ0) is 18.5. The van der Waals surface area contributed by atoms with E-state index in [9.17, 15) is 9.59 Å². The van der Waals surface area contributed by atoms with Crippen molar-refractivity contribution in [3.05, 3.63) is 60.4 Å². The first kappa shape index (κ1) is 17.5. The molecule has 0 bridgehead atoms. The fraction of sp³-hybridized carbons (Fsp3) is 0.200. The minimum Gasteiger partial charge on any atom is -0.355 e. The van der Waals surface area contributed by atoms with Crippen LogP contribution in [-0.2, 0) is 4.79 Å². The van der Waals surface area contributed by atoms with Crippen molar-refractivity contribution < 1.29 is 9.59 Å². The molecule has 3 rings (SSSR count). The van der Waals surface area contributed by atoms with E-state index in [1.807, 2.05) is 43.3 Å². The third-order valence-electron chi connectivity index (χ3n) is 4.01. The SMILES string of the molecule is CCNC(=O)[C@H](C)NC(=O)c1cc(-c2cccnc2)nc2ccccc12. The number of hydrogen-bond donors (Lipinski definition) is 2. The topological polar surface area (TPSA) is 84.0 Å². The summed E-state index contributed by atoms with van der Waals surface area (Å²) in [7, 11) is 0. The Morgan fingerprint density at radius 3 is 2.69 bits per heavy atom. The normalized spacial score (nSPS) is 11.8. The number of pyridine rings is 2. The Morgan fingerprint density at radius 1 is 1.15 bits per heavy atom. The molecule has 0 aliphatic rings. The lowest BCUT2D eigenvalue weighted by Crippen LogP contribution is -2.44. The maximum absolute atomic E-state index is 12.8. The molecule has 26 heavy (non-hydrogen) atoms. The van der Waals surface area contributed by atoms with Gasteiger partial charge in [0.1, 0.15) is 6.04 Å². The maximum atomic E-state index is 12.8. The summed E-state index contributed by atoms with van der Waals surface area (Å²) in [6, 6.07) is 12.3. The van der Waals surface area contributed by atoms with Gasteiger partial charge in [0, 0.05) is 29.9 Å². The van der Waals surface area contributed by atoms with E-state index in [2.05, 4.69) is 20.6 Å². The van der Waals surface area contributed by atoms with Crippen LogP contribution in [0.3, 0.4) is 0 Å². The molecule has 0 aliphatic carbocycles. The largest absolute Gasteiger partial charge is 0.355 e. The molecule has 1 atom stereocenters. The summed E-state index contributed by atoms with van der Waals surface area (Å²) < 4.78 is 0. The predicted octanol–water partition coefficient (Wildman–Crippen LogP) is 2.55. The van der Waals surface area contributed by atoms with Gasteiger partial charge in [-0.05, 0) is 38.1 Å². The van der Waals surface area contributed by atoms with E-state index in [0.29, 0.717) is 23.3 Å². The third kappa shape index (κ3) is 3.69. The number of hydrogen-bond acceptors (Lipinski definition) is 4. The lowest BCUT2D eigenvalue weighted by atomic mass is 10.0. The Kier molecular flexibility index (Phi) is 5.22. The quantitative estimate of drug-likeness (QED) is 0.742. The van der Waals surface area contributed by atoms with Gasteiger partial charge >= 0.3 is 0 Å². The van der Waals surface area contributed by atoms with Gasteiger partial charge in [-0.25, -0.2) is 4.98 Å². The molecule has 2 N–H and O–H groups in total. The van der Waals surface area contributed by atoms with E-state index in [1.165, 1.54) is 0 Å². The number of likely N-dealkylation sites (N-methyl/N-ethyl adjacent to an activating group) is 1. The monoisotopic (exact) mass is 348 g/mol. The average Bonchev–Trinajstić information content (AvgIpc) is 2.67. The van der Waals surface area contributed by atoms with Crippen molar-refractivity contribution in [1.29, 1.82) is 0 Å². The molecular formula is C20H20N4O2. The van der Waals surface area contributed by atoms with E-state index < -0.39 is 6.04 Å². The van der Waals surface area contributed by atoms with Crippen LogP contribution in [0.2, 0.25) is 0 Å². The van der Waals surface area contributed by atoms with Crippen molar-refractivity contribution in [2.24, 2.45) is 0 Å². The van der Waals surface area contributed by atoms with Gasteiger partial charge in [-0.1, -0.05) is 18.2 Å². The number of para-hydroxylation sites is 1. The van der Waals surface area contributed by atoms with E-state index in [0.717, 1.165) is 10.9 Å². The molecule has 2 heterocycles. The zero-order valence-electron chi connectivity index (χ0n) is 14.7. The van der Waals surface area contributed by atoms with Crippen LogP contribution < -0.4 is 10.6 Å². The van der Waals surface area contributed by atoms with E-state index in [1.54, 1.807) is 25.4 Å². The van der Waals surface area contributed by atoms with Gasteiger partial charge in [-0.2, -0.15) is 0 Å². The number of carbonyl (C=O) groups is 2. The van der Waals surface area contributed by atoms with Crippen LogP contribution in [0.15, 0.2) is 54.9 Å². The highest BCUT2D eigenvalue weighted by molar-refractivity contribution is 6.08. The molecule has 0 unspecified atom stereocenters. The molecular weight excluding hydrogens is 328 g/mol. The van der Waals surface area contributed by atoms with Crippen molar-refractivity contribution in [2.75, 3.05) is 6.54 Å². The molecule has 0 aliphatic heterocycles. The number of benzene rings is 1. The number of carbonyl (C=O) groups excluding carboxylic acids is 2. The Balaban J connectivity index is 2.01. The molecule has 0 saturated heterocycles. The zero-order valence-corrected chi connectivity index (χ0v) is 14.7. The lowest BCUT2D eigenvalue weighted by molar-refractivity contribution is -0.122. The summed E-state index contributed by atoms with van der Waals surface area (Å²) in [6.07, 6.45) is 3.39. The van der Waals surface area contributed by atoms with E-state index in [-0.39, 0.29) is 11.8 Å². The molecule has 0 radical (unpaired) electrons. The first-order chi connectivity index (χ1) is 12.6. The highest BCUT2D eigenvalue weighted by Crippen LogP contribution is 2.24. The van der Waals surface area contributed by atoms with Crippen LogP contribution in [0, 0.1) is 0 Å². The summed E-state index contributed by atoms with van der Waals surface area (Å²) in [4.78, 5) is 33.5. The number of aromatic nitrogens is 2. The maximum Gasteiger partial charge on any atom is 0.252 e. The Labute approximate surface area is 151 Å². The molecule has 2 aromatic heterocycles. The fourth-order valence-electron chi connectivity index (χ4n) is 2.69. The second-order valence-electron chi connectivity index (χ2n) is 5.90. The van der Waals surface area contributed by atoms with Gasteiger partial charge in [0.2, 0.25) is 5.91 Å². The van der Waals surface area contributed by atoms with Gasteiger partial charge in [0.25, 0.3) is 5.91 Å². The standard InChI is InChI=1S/C20H20N4O2/c1-3-22-19(25)13(2)23-20(26)16-11-18(14-7-6-10-21-12-14)24-17-9-5-4-8-15(16)17/h4-13H,3H2,1-2H3,(H,22,25)(H,23,26)/t13-/m0/s1. The molecule has 0 saturated carbocycles. The smallest absolute Gasteiger partial charge is 0.252 e. The van der Waals surface area contributed by atoms with Crippen LogP contribution in [0.5, 0.6) is 0 Å². The second kappa shape index (κ2) is 7.74. The molecule has 0 spiro atoms. The van der Waals surface area contributed by atoms with Crippen molar-refractivity contribution in [1.82, 2.24) is 20.6 Å². The van der Waals surface area contributed by atoms with Gasteiger partial charge in [0.15, 0.2) is 0 Å². The van der Waals surface area contributed by atoms with E-state index >= 15 is 0 Å². The van der Waals surface area contributed by atoms with Crippen molar-refractivity contribution in [3.63, 3.8) is 0 Å². The van der Waals surface area contributed by atoms with Gasteiger partial charge in [-0.15, -0.1) is 0 Å². The van der Waals surface area contributed by atoms with E-state index in [4.69, 9.17) is 0 Å². The molecule has 3 aromatic rings. The second-order valence-corrected chi connectivity index (χ2v) is 5.90. The Morgan fingerprint density at radius 2 is 1.96 bits per heavy atom. The van der Waals surface area contributed by atoms with Crippen molar-refractivity contribution in [2.45, 2.75) is 19.9 Å². The summed E-state index contributed by atoms with van der Waals surface area (Å²) in [5, 5.41) is 6.20.